The smallest absolute Gasteiger partial charge is 0.264 e. The van der Waals surface area contributed by atoms with E-state index in [0.29, 0.717) is 4.80 Å². The SMILES string of the molecule is CC(=Nn1c(-c2ccc([N+](=O)[O-])cc2)csc1=Nc1ccc(C)c(C)c1)c1cccnc1. The Labute approximate surface area is 189 Å². The molecule has 4 aromatic rings. The van der Waals surface area contributed by atoms with Crippen LogP contribution in [-0.2, 0) is 0 Å². The van der Waals surface area contributed by atoms with E-state index < -0.39 is 4.92 Å². The van der Waals surface area contributed by atoms with Crippen molar-refractivity contribution in [1.82, 2.24) is 9.66 Å². The number of hydrogen-bond acceptors (Lipinski definition) is 6. The lowest BCUT2D eigenvalue weighted by Gasteiger charge is -2.06. The van der Waals surface area contributed by atoms with Crippen molar-refractivity contribution < 1.29 is 4.92 Å². The van der Waals surface area contributed by atoms with Crippen LogP contribution in [0, 0.1) is 24.0 Å². The van der Waals surface area contributed by atoms with E-state index in [1.54, 1.807) is 29.2 Å². The summed E-state index contributed by atoms with van der Waals surface area (Å²) in [6, 6.07) is 16.3. The van der Waals surface area contributed by atoms with Crippen LogP contribution in [0.3, 0.4) is 0 Å². The zero-order chi connectivity index (χ0) is 22.7. The third kappa shape index (κ3) is 4.55. The molecule has 0 unspecified atom stereocenters. The van der Waals surface area contributed by atoms with Crippen LogP contribution in [0.2, 0.25) is 0 Å². The summed E-state index contributed by atoms with van der Waals surface area (Å²) < 4.78 is 1.78. The van der Waals surface area contributed by atoms with E-state index in [0.717, 1.165) is 28.2 Å². The predicted molar refractivity (Wildman–Crippen MR) is 127 cm³/mol. The van der Waals surface area contributed by atoms with Gasteiger partial charge in [-0.1, -0.05) is 12.1 Å². The first-order chi connectivity index (χ1) is 15.4. The lowest BCUT2D eigenvalue weighted by Crippen LogP contribution is -2.14. The number of aryl methyl sites for hydroxylation is 2. The Hall–Kier alpha value is -3.91. The Morgan fingerprint density at radius 1 is 1.09 bits per heavy atom. The molecular weight excluding hydrogens is 422 g/mol. The summed E-state index contributed by atoms with van der Waals surface area (Å²) in [7, 11) is 0. The van der Waals surface area contributed by atoms with Gasteiger partial charge in [0.15, 0.2) is 0 Å². The standard InChI is InChI=1S/C24H21N5O2S/c1-16-6-9-21(13-17(16)2)26-24-28(27-18(3)20-5-4-12-25-14-20)23(15-32-24)19-7-10-22(11-8-19)29(30)31/h4-15H,1-3H3. The minimum absolute atomic E-state index is 0.0469. The van der Waals surface area contributed by atoms with Crippen LogP contribution >= 0.6 is 11.3 Å². The molecule has 2 aromatic carbocycles. The second-order valence-electron chi connectivity index (χ2n) is 7.33. The van der Waals surface area contributed by atoms with Gasteiger partial charge >= 0.3 is 0 Å². The normalized spacial score (nSPS) is 12.2. The lowest BCUT2D eigenvalue weighted by atomic mass is 10.1. The second-order valence-corrected chi connectivity index (χ2v) is 8.16. The maximum atomic E-state index is 11.0. The van der Waals surface area contributed by atoms with E-state index in [-0.39, 0.29) is 5.69 Å². The van der Waals surface area contributed by atoms with Gasteiger partial charge in [-0.3, -0.25) is 15.1 Å². The third-order valence-electron chi connectivity index (χ3n) is 5.10. The quantitative estimate of drug-likeness (QED) is 0.227. The van der Waals surface area contributed by atoms with Crippen LogP contribution in [0.25, 0.3) is 11.3 Å². The number of nitrogens with zero attached hydrogens (tertiary/aromatic N) is 5. The molecule has 0 fully saturated rings. The highest BCUT2D eigenvalue weighted by atomic mass is 32.1. The Kier molecular flexibility index (Phi) is 6.04. The molecule has 8 heteroatoms. The van der Waals surface area contributed by atoms with Crippen molar-refractivity contribution in [3.8, 4) is 11.3 Å². The minimum atomic E-state index is -0.406. The van der Waals surface area contributed by atoms with Crippen molar-refractivity contribution in [3.63, 3.8) is 0 Å². The van der Waals surface area contributed by atoms with E-state index >= 15 is 0 Å². The van der Waals surface area contributed by atoms with Crippen molar-refractivity contribution in [2.24, 2.45) is 10.1 Å². The molecule has 0 amide bonds. The molecular formula is C24H21N5O2S. The topological polar surface area (TPSA) is 85.7 Å². The van der Waals surface area contributed by atoms with E-state index in [1.165, 1.54) is 34.6 Å². The first-order valence-corrected chi connectivity index (χ1v) is 10.8. The molecule has 0 spiro atoms. The lowest BCUT2D eigenvalue weighted by molar-refractivity contribution is -0.384. The minimum Gasteiger partial charge on any atom is -0.264 e. The summed E-state index contributed by atoms with van der Waals surface area (Å²) in [6.45, 7) is 6.05. The van der Waals surface area contributed by atoms with E-state index in [4.69, 9.17) is 10.1 Å². The Morgan fingerprint density at radius 2 is 1.88 bits per heavy atom. The van der Waals surface area contributed by atoms with E-state index in [2.05, 4.69) is 18.8 Å². The van der Waals surface area contributed by atoms with Gasteiger partial charge in [0.25, 0.3) is 5.69 Å². The number of nitro groups is 1. The molecule has 2 aromatic heterocycles. The number of thiazole rings is 1. The van der Waals surface area contributed by atoms with Gasteiger partial charge in [-0.2, -0.15) is 5.10 Å². The van der Waals surface area contributed by atoms with Crippen LogP contribution in [0.5, 0.6) is 0 Å². The number of benzene rings is 2. The molecule has 0 aliphatic carbocycles. The van der Waals surface area contributed by atoms with Gasteiger partial charge in [0, 0.05) is 41.0 Å². The molecule has 32 heavy (non-hydrogen) atoms. The number of pyridine rings is 1. The van der Waals surface area contributed by atoms with Crippen LogP contribution in [0.1, 0.15) is 23.6 Å². The van der Waals surface area contributed by atoms with E-state index in [9.17, 15) is 10.1 Å². The molecule has 160 valence electrons. The second kappa shape index (κ2) is 9.07. The fourth-order valence-corrected chi connectivity index (χ4v) is 3.97. The number of non-ortho nitro benzene ring substituents is 1. The molecule has 0 saturated carbocycles. The van der Waals surface area contributed by atoms with Gasteiger partial charge in [0.1, 0.15) is 0 Å². The molecule has 0 atom stereocenters. The van der Waals surface area contributed by atoms with Crippen LogP contribution < -0.4 is 4.80 Å². The fraction of sp³-hybridized carbons (Fsp3) is 0.125. The third-order valence-corrected chi connectivity index (χ3v) is 5.92. The average Bonchev–Trinajstić information content (AvgIpc) is 3.18. The van der Waals surface area contributed by atoms with Crippen molar-refractivity contribution in [2.45, 2.75) is 20.8 Å². The molecule has 0 saturated heterocycles. The van der Waals surface area contributed by atoms with Gasteiger partial charge < -0.3 is 0 Å². The highest BCUT2D eigenvalue weighted by molar-refractivity contribution is 7.07. The highest BCUT2D eigenvalue weighted by Crippen LogP contribution is 2.24. The summed E-state index contributed by atoms with van der Waals surface area (Å²) in [5, 5.41) is 17.8. The average molecular weight is 444 g/mol. The molecule has 2 heterocycles. The van der Waals surface area contributed by atoms with Crippen molar-refractivity contribution in [1.29, 1.82) is 0 Å². The summed E-state index contributed by atoms with van der Waals surface area (Å²) in [5.41, 5.74) is 6.56. The monoisotopic (exact) mass is 443 g/mol. The Balaban J connectivity index is 1.88. The fourth-order valence-electron chi connectivity index (χ4n) is 3.12. The van der Waals surface area contributed by atoms with Crippen LogP contribution in [0.15, 0.2) is 82.5 Å². The van der Waals surface area contributed by atoms with Crippen molar-refractivity contribution in [3.05, 3.63) is 104 Å². The molecule has 4 rings (SSSR count). The molecule has 0 radical (unpaired) electrons. The first kappa shape index (κ1) is 21.3. The molecule has 0 bridgehead atoms. The summed E-state index contributed by atoms with van der Waals surface area (Å²) in [5.74, 6) is 0. The molecule has 0 aliphatic rings. The Bertz CT molecular complexity index is 1370. The molecule has 0 aliphatic heterocycles. The number of nitro benzene ring substituents is 1. The molecule has 0 N–H and O–H groups in total. The van der Waals surface area contributed by atoms with Crippen molar-refractivity contribution >= 4 is 28.4 Å². The van der Waals surface area contributed by atoms with Gasteiger partial charge in [0.05, 0.1) is 22.0 Å². The van der Waals surface area contributed by atoms with Crippen molar-refractivity contribution in [2.75, 3.05) is 0 Å². The number of rotatable bonds is 5. The number of hydrogen-bond donors (Lipinski definition) is 0. The summed E-state index contributed by atoms with van der Waals surface area (Å²) in [4.78, 5) is 20.3. The first-order valence-electron chi connectivity index (χ1n) is 9.96. The maximum Gasteiger partial charge on any atom is 0.269 e. The molecule has 7 nitrogen and oxygen atoms in total. The van der Waals surface area contributed by atoms with Gasteiger partial charge in [0.2, 0.25) is 4.80 Å². The number of aromatic nitrogens is 2. The largest absolute Gasteiger partial charge is 0.269 e. The maximum absolute atomic E-state index is 11.0. The van der Waals surface area contributed by atoms with Gasteiger partial charge in [-0.15, -0.1) is 11.3 Å². The van der Waals surface area contributed by atoms with E-state index in [1.807, 2.05) is 42.6 Å². The zero-order valence-corrected chi connectivity index (χ0v) is 18.7. The predicted octanol–water partition coefficient (Wildman–Crippen LogP) is 5.64. The zero-order valence-electron chi connectivity index (χ0n) is 17.9. The van der Waals surface area contributed by atoms with Crippen LogP contribution in [0.4, 0.5) is 11.4 Å². The Morgan fingerprint density at radius 3 is 2.53 bits per heavy atom. The van der Waals surface area contributed by atoms with Gasteiger partial charge in [-0.05, 0) is 62.2 Å². The summed E-state index contributed by atoms with van der Waals surface area (Å²) >= 11 is 1.46. The highest BCUT2D eigenvalue weighted by Gasteiger charge is 2.12. The van der Waals surface area contributed by atoms with Gasteiger partial charge in [-0.25, -0.2) is 9.67 Å². The van der Waals surface area contributed by atoms with Crippen LogP contribution in [-0.4, -0.2) is 20.3 Å². The summed E-state index contributed by atoms with van der Waals surface area (Å²) in [6.07, 6.45) is 3.48.